The van der Waals surface area contributed by atoms with Crippen molar-refractivity contribution in [2.75, 3.05) is 0 Å². The van der Waals surface area contributed by atoms with Gasteiger partial charge in [-0.15, -0.1) is 0 Å². The number of nitro benzene ring substituents is 2. The van der Waals surface area contributed by atoms with Gasteiger partial charge in [0.25, 0.3) is 11.4 Å². The number of rotatable bonds is 6. The van der Waals surface area contributed by atoms with Crippen LogP contribution in [0.5, 0.6) is 5.75 Å². The fourth-order valence-electron chi connectivity index (χ4n) is 1.84. The number of ether oxygens (including phenoxy) is 1. The lowest BCUT2D eigenvalue weighted by molar-refractivity contribution is -0.385. The molecular weight excluding hydrogens is 292 g/mol. The summed E-state index contributed by atoms with van der Waals surface area (Å²) < 4.78 is 5.38. The van der Waals surface area contributed by atoms with Crippen LogP contribution in [0.25, 0.3) is 0 Å². The lowest BCUT2D eigenvalue weighted by atomic mass is 10.2. The number of carbonyl (C=O) groups is 1. The summed E-state index contributed by atoms with van der Waals surface area (Å²) in [6, 6.07) is 9.60. The molecule has 0 aliphatic carbocycles. The van der Waals surface area contributed by atoms with E-state index in [0.29, 0.717) is 11.8 Å². The molecule has 0 fully saturated rings. The number of hydrogen-bond donors (Lipinski definition) is 0. The Morgan fingerprint density at radius 3 is 2.41 bits per heavy atom. The molecular formula is C14H10N2O6. The van der Waals surface area contributed by atoms with Gasteiger partial charge in [-0.3, -0.25) is 25.0 Å². The SMILES string of the molecule is O=Cc1cc([N+](=O)[O-])ccc1OCc1ccccc1[N+](=O)[O-]. The Balaban J connectivity index is 2.24. The predicted molar refractivity (Wildman–Crippen MR) is 75.9 cm³/mol. The maximum Gasteiger partial charge on any atom is 0.276 e. The van der Waals surface area contributed by atoms with Gasteiger partial charge < -0.3 is 4.74 Å². The molecule has 0 saturated heterocycles. The van der Waals surface area contributed by atoms with Crippen LogP contribution in [0.2, 0.25) is 0 Å². The Bertz CT molecular complexity index is 744. The summed E-state index contributed by atoms with van der Waals surface area (Å²) in [4.78, 5) is 31.4. The van der Waals surface area contributed by atoms with E-state index in [1.807, 2.05) is 0 Å². The maximum atomic E-state index is 11.0. The highest BCUT2D eigenvalue weighted by Gasteiger charge is 2.15. The average Bonchev–Trinajstić information content (AvgIpc) is 2.52. The van der Waals surface area contributed by atoms with Crippen LogP contribution in [0.3, 0.4) is 0 Å². The Morgan fingerprint density at radius 1 is 1.05 bits per heavy atom. The van der Waals surface area contributed by atoms with Gasteiger partial charge in [0.05, 0.1) is 21.0 Å². The molecule has 0 spiro atoms. The molecule has 0 amide bonds. The summed E-state index contributed by atoms with van der Waals surface area (Å²) in [5.41, 5.74) is 0.00712. The van der Waals surface area contributed by atoms with Crippen molar-refractivity contribution in [2.24, 2.45) is 0 Å². The standard InChI is InChI=1S/C14H10N2O6/c17-8-11-7-12(15(18)19)5-6-14(11)22-9-10-3-1-2-4-13(10)16(20)21/h1-8H,9H2. The van der Waals surface area contributed by atoms with Crippen molar-refractivity contribution < 1.29 is 19.4 Å². The van der Waals surface area contributed by atoms with Crippen LogP contribution in [0.4, 0.5) is 11.4 Å². The number of benzene rings is 2. The third-order valence-electron chi connectivity index (χ3n) is 2.90. The van der Waals surface area contributed by atoms with Crippen molar-refractivity contribution in [1.29, 1.82) is 0 Å². The van der Waals surface area contributed by atoms with Crippen molar-refractivity contribution in [2.45, 2.75) is 6.61 Å². The Morgan fingerprint density at radius 2 is 1.77 bits per heavy atom. The van der Waals surface area contributed by atoms with E-state index in [0.717, 1.165) is 6.07 Å². The largest absolute Gasteiger partial charge is 0.488 e. The molecule has 0 aliphatic heterocycles. The summed E-state index contributed by atoms with van der Waals surface area (Å²) in [5, 5.41) is 21.5. The minimum atomic E-state index is -0.626. The Hall–Kier alpha value is -3.29. The molecule has 0 aromatic heterocycles. The van der Waals surface area contributed by atoms with Crippen molar-refractivity contribution >= 4 is 17.7 Å². The molecule has 112 valence electrons. The zero-order valence-corrected chi connectivity index (χ0v) is 11.2. The number of aldehydes is 1. The van der Waals surface area contributed by atoms with E-state index in [1.54, 1.807) is 6.07 Å². The zero-order chi connectivity index (χ0) is 16.1. The molecule has 2 aromatic rings. The molecule has 2 rings (SSSR count). The van der Waals surface area contributed by atoms with Crippen LogP contribution >= 0.6 is 0 Å². The van der Waals surface area contributed by atoms with E-state index >= 15 is 0 Å². The van der Waals surface area contributed by atoms with Crippen molar-refractivity contribution in [3.63, 3.8) is 0 Å². The minimum Gasteiger partial charge on any atom is -0.488 e. The molecule has 0 saturated carbocycles. The number of nitro groups is 2. The predicted octanol–water partition coefficient (Wildman–Crippen LogP) is 2.89. The lowest BCUT2D eigenvalue weighted by Crippen LogP contribution is -2.02. The molecule has 8 nitrogen and oxygen atoms in total. The molecule has 2 aromatic carbocycles. The summed E-state index contributed by atoms with van der Waals surface area (Å²) in [5.74, 6) is 0.124. The number of hydrogen-bond acceptors (Lipinski definition) is 6. The number of nitrogens with zero attached hydrogens (tertiary/aromatic N) is 2. The third-order valence-corrected chi connectivity index (χ3v) is 2.90. The minimum absolute atomic E-state index is 0.00721. The highest BCUT2D eigenvalue weighted by atomic mass is 16.6. The van der Waals surface area contributed by atoms with Gasteiger partial charge in [-0.2, -0.15) is 0 Å². The topological polar surface area (TPSA) is 113 Å². The summed E-state index contributed by atoms with van der Waals surface area (Å²) in [6.07, 6.45) is 0.432. The first-order chi connectivity index (χ1) is 10.5. The average molecular weight is 302 g/mol. The van der Waals surface area contributed by atoms with Gasteiger partial charge in [-0.25, -0.2) is 0 Å². The molecule has 0 aliphatic rings. The molecule has 0 heterocycles. The van der Waals surface area contributed by atoms with Gasteiger partial charge in [-0.1, -0.05) is 12.1 Å². The summed E-state index contributed by atoms with van der Waals surface area (Å²) in [7, 11) is 0. The third kappa shape index (κ3) is 3.23. The van der Waals surface area contributed by atoms with Crippen LogP contribution in [-0.4, -0.2) is 16.1 Å². The highest BCUT2D eigenvalue weighted by molar-refractivity contribution is 5.80. The monoisotopic (exact) mass is 302 g/mol. The van der Waals surface area contributed by atoms with E-state index in [2.05, 4.69) is 0 Å². The molecule has 0 unspecified atom stereocenters. The van der Waals surface area contributed by atoms with E-state index in [9.17, 15) is 25.0 Å². The van der Waals surface area contributed by atoms with Gasteiger partial charge in [0.1, 0.15) is 12.4 Å². The van der Waals surface area contributed by atoms with E-state index < -0.39 is 9.85 Å². The van der Waals surface area contributed by atoms with Gasteiger partial charge in [-0.05, 0) is 12.1 Å². The normalized spacial score (nSPS) is 10.0. The maximum absolute atomic E-state index is 11.0. The molecule has 0 bridgehead atoms. The highest BCUT2D eigenvalue weighted by Crippen LogP contribution is 2.25. The lowest BCUT2D eigenvalue weighted by Gasteiger charge is -2.08. The van der Waals surface area contributed by atoms with Gasteiger partial charge in [0, 0.05) is 18.2 Å². The Kier molecular flexibility index (Phi) is 4.42. The first kappa shape index (κ1) is 15.1. The second kappa shape index (κ2) is 6.44. The number of para-hydroxylation sites is 1. The molecule has 0 radical (unpaired) electrons. The molecule has 0 atom stereocenters. The van der Waals surface area contributed by atoms with E-state index in [4.69, 9.17) is 4.74 Å². The van der Waals surface area contributed by atoms with Crippen molar-refractivity contribution in [3.8, 4) is 5.75 Å². The van der Waals surface area contributed by atoms with Crippen LogP contribution in [0.1, 0.15) is 15.9 Å². The summed E-state index contributed by atoms with van der Waals surface area (Å²) in [6.45, 7) is -0.129. The van der Waals surface area contributed by atoms with Crippen LogP contribution < -0.4 is 4.74 Å². The van der Waals surface area contributed by atoms with Gasteiger partial charge >= 0.3 is 0 Å². The molecule has 22 heavy (non-hydrogen) atoms. The summed E-state index contributed by atoms with van der Waals surface area (Å²) >= 11 is 0. The second-order valence-corrected chi connectivity index (χ2v) is 4.27. The number of non-ortho nitro benzene ring substituents is 1. The smallest absolute Gasteiger partial charge is 0.276 e. The fraction of sp³-hybridized carbons (Fsp3) is 0.0714. The molecule has 0 N–H and O–H groups in total. The van der Waals surface area contributed by atoms with Gasteiger partial charge in [0.15, 0.2) is 6.29 Å². The fourth-order valence-corrected chi connectivity index (χ4v) is 1.84. The van der Waals surface area contributed by atoms with E-state index in [1.165, 1.54) is 30.3 Å². The van der Waals surface area contributed by atoms with Gasteiger partial charge in [0.2, 0.25) is 0 Å². The number of carbonyl (C=O) groups excluding carboxylic acids is 1. The van der Waals surface area contributed by atoms with Crippen molar-refractivity contribution in [1.82, 2.24) is 0 Å². The zero-order valence-electron chi connectivity index (χ0n) is 11.2. The second-order valence-electron chi connectivity index (χ2n) is 4.27. The van der Waals surface area contributed by atoms with E-state index in [-0.39, 0.29) is 29.3 Å². The Labute approximate surface area is 124 Å². The van der Waals surface area contributed by atoms with Crippen LogP contribution in [0.15, 0.2) is 42.5 Å². The van der Waals surface area contributed by atoms with Crippen LogP contribution in [0, 0.1) is 20.2 Å². The van der Waals surface area contributed by atoms with Crippen LogP contribution in [-0.2, 0) is 6.61 Å². The van der Waals surface area contributed by atoms with Crippen molar-refractivity contribution in [3.05, 3.63) is 73.8 Å². The molecule has 8 heteroatoms. The first-order valence-electron chi connectivity index (χ1n) is 6.11. The first-order valence-corrected chi connectivity index (χ1v) is 6.11. The quantitative estimate of drug-likeness (QED) is 0.460.